The molecular weight excluding hydrogens is 140 g/mol. The molecule has 3 nitrogen and oxygen atoms in total. The third-order valence-corrected chi connectivity index (χ3v) is 2.77. The van der Waals surface area contributed by atoms with E-state index in [9.17, 15) is 4.79 Å². The summed E-state index contributed by atoms with van der Waals surface area (Å²) in [5, 5.41) is 6.21. The molecule has 0 radical (unpaired) electrons. The normalized spacial score (nSPS) is 37.6. The fourth-order valence-corrected chi connectivity index (χ4v) is 2.05. The van der Waals surface area contributed by atoms with Crippen molar-refractivity contribution in [1.29, 1.82) is 0 Å². The molecule has 2 saturated heterocycles. The second-order valence-electron chi connectivity index (χ2n) is 3.47. The molecule has 11 heavy (non-hydrogen) atoms. The first-order valence-corrected chi connectivity index (χ1v) is 4.37. The highest BCUT2D eigenvalue weighted by Crippen LogP contribution is 2.25. The van der Waals surface area contributed by atoms with Crippen LogP contribution in [-0.2, 0) is 4.79 Å². The number of hydrogen-bond donors (Lipinski definition) is 2. The molecule has 2 rings (SSSR count). The summed E-state index contributed by atoms with van der Waals surface area (Å²) in [5.41, 5.74) is -0.168. The molecule has 0 unspecified atom stereocenters. The van der Waals surface area contributed by atoms with Gasteiger partial charge in [0.2, 0.25) is 5.91 Å². The zero-order chi connectivity index (χ0) is 7.73. The zero-order valence-electron chi connectivity index (χ0n) is 6.65. The van der Waals surface area contributed by atoms with Crippen molar-refractivity contribution >= 4 is 5.91 Å². The first-order chi connectivity index (χ1) is 5.33. The average Bonchev–Trinajstić information content (AvgIpc) is 2.36. The van der Waals surface area contributed by atoms with Gasteiger partial charge in [0, 0.05) is 6.54 Å². The summed E-state index contributed by atoms with van der Waals surface area (Å²) in [4.78, 5) is 11.4. The predicted molar refractivity (Wildman–Crippen MR) is 42.2 cm³/mol. The molecule has 3 heteroatoms. The fraction of sp³-hybridized carbons (Fsp3) is 0.875. The third kappa shape index (κ3) is 1.03. The van der Waals surface area contributed by atoms with Crippen LogP contribution in [0.5, 0.6) is 0 Å². The van der Waals surface area contributed by atoms with Gasteiger partial charge in [0.15, 0.2) is 0 Å². The van der Waals surface area contributed by atoms with Crippen molar-refractivity contribution in [3.63, 3.8) is 0 Å². The molecule has 2 fully saturated rings. The highest BCUT2D eigenvalue weighted by atomic mass is 16.2. The van der Waals surface area contributed by atoms with Crippen LogP contribution in [-0.4, -0.2) is 24.5 Å². The lowest BCUT2D eigenvalue weighted by molar-refractivity contribution is -0.125. The Hall–Kier alpha value is -0.570. The van der Waals surface area contributed by atoms with Crippen LogP contribution in [0, 0.1) is 0 Å². The van der Waals surface area contributed by atoms with E-state index in [2.05, 4.69) is 10.6 Å². The van der Waals surface area contributed by atoms with Crippen LogP contribution in [0.25, 0.3) is 0 Å². The van der Waals surface area contributed by atoms with E-state index in [1.807, 2.05) is 0 Å². The molecule has 2 aliphatic heterocycles. The van der Waals surface area contributed by atoms with Crippen molar-refractivity contribution in [3.8, 4) is 0 Å². The van der Waals surface area contributed by atoms with E-state index in [1.54, 1.807) is 0 Å². The second kappa shape index (κ2) is 2.48. The smallest absolute Gasteiger partial charge is 0.240 e. The zero-order valence-corrected chi connectivity index (χ0v) is 6.65. The van der Waals surface area contributed by atoms with Gasteiger partial charge in [0.05, 0.1) is 5.54 Å². The van der Waals surface area contributed by atoms with Gasteiger partial charge in [-0.2, -0.15) is 0 Å². The van der Waals surface area contributed by atoms with Gasteiger partial charge in [-0.3, -0.25) is 4.79 Å². The summed E-state index contributed by atoms with van der Waals surface area (Å²) >= 11 is 0. The van der Waals surface area contributed by atoms with Gasteiger partial charge < -0.3 is 10.6 Å². The van der Waals surface area contributed by atoms with Crippen molar-refractivity contribution in [2.24, 2.45) is 0 Å². The molecule has 1 spiro atoms. The Kier molecular flexibility index (Phi) is 1.60. The van der Waals surface area contributed by atoms with Crippen LogP contribution >= 0.6 is 0 Å². The predicted octanol–water partition coefficient (Wildman–Crippen LogP) is 0.0186. The summed E-state index contributed by atoms with van der Waals surface area (Å²) in [6, 6.07) is 0. The van der Waals surface area contributed by atoms with Gasteiger partial charge in [-0.15, -0.1) is 0 Å². The molecule has 62 valence electrons. The maximum absolute atomic E-state index is 11.4. The van der Waals surface area contributed by atoms with Crippen LogP contribution in [0.3, 0.4) is 0 Å². The van der Waals surface area contributed by atoms with Crippen LogP contribution in [0.2, 0.25) is 0 Å². The summed E-state index contributed by atoms with van der Waals surface area (Å²) < 4.78 is 0. The molecule has 0 aromatic heterocycles. The number of nitrogens with one attached hydrogen (secondary N) is 2. The van der Waals surface area contributed by atoms with Crippen molar-refractivity contribution in [3.05, 3.63) is 0 Å². The Morgan fingerprint density at radius 2 is 2.09 bits per heavy atom. The third-order valence-electron chi connectivity index (χ3n) is 2.77. The highest BCUT2D eigenvalue weighted by molar-refractivity contribution is 5.88. The van der Waals surface area contributed by atoms with Crippen LogP contribution < -0.4 is 10.6 Å². The molecule has 0 saturated carbocycles. The second-order valence-corrected chi connectivity index (χ2v) is 3.47. The number of rotatable bonds is 0. The van der Waals surface area contributed by atoms with E-state index >= 15 is 0 Å². The minimum atomic E-state index is -0.168. The summed E-state index contributed by atoms with van der Waals surface area (Å²) in [7, 11) is 0. The number of hydrogen-bond acceptors (Lipinski definition) is 2. The molecule has 0 bridgehead atoms. The Balaban J connectivity index is 2.12. The summed E-state index contributed by atoms with van der Waals surface area (Å²) in [5.74, 6) is 0.220. The SMILES string of the molecule is O=C1NCC[C@@]12CCCCN2. The highest BCUT2D eigenvalue weighted by Gasteiger charge is 2.42. The Labute approximate surface area is 66.5 Å². The Morgan fingerprint density at radius 1 is 1.18 bits per heavy atom. The van der Waals surface area contributed by atoms with E-state index in [4.69, 9.17) is 0 Å². The molecule has 2 heterocycles. The Bertz CT molecular complexity index is 173. The van der Waals surface area contributed by atoms with E-state index in [0.717, 1.165) is 25.9 Å². The minimum Gasteiger partial charge on any atom is -0.354 e. The fourth-order valence-electron chi connectivity index (χ4n) is 2.05. The monoisotopic (exact) mass is 154 g/mol. The topological polar surface area (TPSA) is 41.1 Å². The lowest BCUT2D eigenvalue weighted by Gasteiger charge is -2.31. The van der Waals surface area contributed by atoms with E-state index in [-0.39, 0.29) is 11.4 Å². The molecule has 2 aliphatic rings. The van der Waals surface area contributed by atoms with E-state index in [1.165, 1.54) is 12.8 Å². The van der Waals surface area contributed by atoms with Gasteiger partial charge in [0.25, 0.3) is 0 Å². The van der Waals surface area contributed by atoms with E-state index < -0.39 is 0 Å². The van der Waals surface area contributed by atoms with Gasteiger partial charge in [-0.25, -0.2) is 0 Å². The first kappa shape index (κ1) is 7.10. The van der Waals surface area contributed by atoms with E-state index in [0.29, 0.717) is 0 Å². The molecule has 2 N–H and O–H groups in total. The molecule has 0 aliphatic carbocycles. The maximum atomic E-state index is 11.4. The number of amides is 1. The van der Waals surface area contributed by atoms with Gasteiger partial charge >= 0.3 is 0 Å². The molecular formula is C8H14N2O. The van der Waals surface area contributed by atoms with Crippen LogP contribution in [0.4, 0.5) is 0 Å². The summed E-state index contributed by atoms with van der Waals surface area (Å²) in [6.07, 6.45) is 4.42. The van der Waals surface area contributed by atoms with Crippen LogP contribution in [0.1, 0.15) is 25.7 Å². The lowest BCUT2D eigenvalue weighted by Crippen LogP contribution is -2.53. The van der Waals surface area contributed by atoms with Crippen molar-refractivity contribution in [1.82, 2.24) is 10.6 Å². The van der Waals surface area contributed by atoms with Crippen molar-refractivity contribution in [2.75, 3.05) is 13.1 Å². The van der Waals surface area contributed by atoms with Gasteiger partial charge in [-0.05, 0) is 32.2 Å². The van der Waals surface area contributed by atoms with Gasteiger partial charge in [-0.1, -0.05) is 0 Å². The largest absolute Gasteiger partial charge is 0.354 e. The number of piperidine rings is 1. The van der Waals surface area contributed by atoms with Crippen molar-refractivity contribution in [2.45, 2.75) is 31.2 Å². The molecule has 1 amide bonds. The Morgan fingerprint density at radius 3 is 2.64 bits per heavy atom. The standard InChI is InChI=1S/C8H14N2O/c11-7-8(4-6-9-7)3-1-2-5-10-8/h10H,1-6H2,(H,9,11)/t8-/m0/s1. The average molecular weight is 154 g/mol. The van der Waals surface area contributed by atoms with Crippen molar-refractivity contribution < 1.29 is 4.79 Å². The minimum absolute atomic E-state index is 0.168. The first-order valence-electron chi connectivity index (χ1n) is 4.37. The van der Waals surface area contributed by atoms with Crippen LogP contribution in [0.15, 0.2) is 0 Å². The molecule has 1 atom stereocenters. The quantitative estimate of drug-likeness (QED) is 0.516. The maximum Gasteiger partial charge on any atom is 0.240 e. The summed E-state index contributed by atoms with van der Waals surface area (Å²) in [6.45, 7) is 1.86. The number of carbonyl (C=O) groups excluding carboxylic acids is 1. The number of carbonyl (C=O) groups is 1. The molecule has 0 aromatic rings. The van der Waals surface area contributed by atoms with Gasteiger partial charge in [0.1, 0.15) is 0 Å². The lowest BCUT2D eigenvalue weighted by atomic mass is 9.88. The molecule has 0 aromatic carbocycles.